The molecule has 0 bridgehead atoms. The van der Waals surface area contributed by atoms with Gasteiger partial charge in [-0.15, -0.1) is 0 Å². The Morgan fingerprint density at radius 2 is 1.79 bits per heavy atom. The van der Waals surface area contributed by atoms with Crippen molar-refractivity contribution in [3.8, 4) is 0 Å². The highest BCUT2D eigenvalue weighted by Gasteiger charge is 2.28. The molecule has 1 aliphatic rings. The van der Waals surface area contributed by atoms with Crippen molar-refractivity contribution in [1.29, 1.82) is 0 Å². The van der Waals surface area contributed by atoms with Gasteiger partial charge < -0.3 is 4.74 Å². The summed E-state index contributed by atoms with van der Waals surface area (Å²) in [5, 5.41) is 1.07. The van der Waals surface area contributed by atoms with Gasteiger partial charge in [0.15, 0.2) is 0 Å². The number of hydrogen-bond acceptors (Lipinski definition) is 1. The number of hydrogen-bond donors (Lipinski definition) is 0. The summed E-state index contributed by atoms with van der Waals surface area (Å²) in [6.45, 7) is 8.77. The van der Waals surface area contributed by atoms with Crippen LogP contribution in [0.5, 0.6) is 0 Å². The van der Waals surface area contributed by atoms with E-state index < -0.39 is 0 Å². The Hall–Kier alpha value is 0.180. The van der Waals surface area contributed by atoms with Gasteiger partial charge in [-0.05, 0) is 37.5 Å². The molecule has 2 unspecified atom stereocenters. The third-order valence-corrected chi connectivity index (χ3v) is 5.69. The van der Waals surface area contributed by atoms with Crippen LogP contribution >= 0.6 is 15.9 Å². The number of alkyl halides is 1. The summed E-state index contributed by atoms with van der Waals surface area (Å²) in [5.74, 6) is 1.50. The third-order valence-electron chi connectivity index (χ3n) is 4.50. The van der Waals surface area contributed by atoms with Gasteiger partial charge in [-0.2, -0.15) is 0 Å². The number of ether oxygens (including phenoxy) is 1. The van der Waals surface area contributed by atoms with E-state index >= 15 is 0 Å². The van der Waals surface area contributed by atoms with Crippen LogP contribution in [0.15, 0.2) is 12.2 Å². The molecule has 0 radical (unpaired) electrons. The van der Waals surface area contributed by atoms with Crippen molar-refractivity contribution in [2.24, 2.45) is 17.3 Å². The van der Waals surface area contributed by atoms with Crippen LogP contribution in [0.2, 0.25) is 0 Å². The van der Waals surface area contributed by atoms with Crippen molar-refractivity contribution in [3.63, 3.8) is 0 Å². The van der Waals surface area contributed by atoms with Gasteiger partial charge >= 0.3 is 0 Å². The monoisotopic (exact) mass is 330 g/mol. The average Bonchev–Trinajstić information content (AvgIpc) is 2.41. The Balaban J connectivity index is 2.40. The van der Waals surface area contributed by atoms with Crippen LogP contribution in [0.1, 0.15) is 59.3 Å². The van der Waals surface area contributed by atoms with Crippen molar-refractivity contribution in [3.05, 3.63) is 12.2 Å². The summed E-state index contributed by atoms with van der Waals surface area (Å²) in [6, 6.07) is 0. The molecule has 112 valence electrons. The van der Waals surface area contributed by atoms with Gasteiger partial charge in [0, 0.05) is 17.4 Å². The minimum absolute atomic E-state index is 0.358. The predicted molar refractivity (Wildman–Crippen MR) is 87.9 cm³/mol. The van der Waals surface area contributed by atoms with E-state index in [1.54, 1.807) is 0 Å². The van der Waals surface area contributed by atoms with E-state index in [0.717, 1.165) is 30.4 Å². The molecule has 19 heavy (non-hydrogen) atoms. The normalized spacial score (nSPS) is 23.8. The molecular formula is C17H31BrO. The molecule has 0 aromatic heterocycles. The molecule has 0 aromatic carbocycles. The molecule has 2 atom stereocenters. The second-order valence-corrected chi connectivity index (χ2v) is 6.89. The van der Waals surface area contributed by atoms with Gasteiger partial charge in [0.25, 0.3) is 0 Å². The fourth-order valence-corrected chi connectivity index (χ4v) is 3.89. The molecule has 0 saturated heterocycles. The van der Waals surface area contributed by atoms with Crippen molar-refractivity contribution < 1.29 is 4.74 Å². The second-order valence-electron chi connectivity index (χ2n) is 6.33. The molecule has 0 aliphatic heterocycles. The molecule has 0 aromatic rings. The van der Waals surface area contributed by atoms with Crippen LogP contribution in [0.25, 0.3) is 0 Å². The Kier molecular flexibility index (Phi) is 8.32. The fourth-order valence-electron chi connectivity index (χ4n) is 3.17. The van der Waals surface area contributed by atoms with Crippen molar-refractivity contribution >= 4 is 15.9 Å². The third kappa shape index (κ3) is 5.59. The average molecular weight is 331 g/mol. The van der Waals surface area contributed by atoms with Crippen molar-refractivity contribution in [1.82, 2.24) is 0 Å². The van der Waals surface area contributed by atoms with Crippen LogP contribution in [0, 0.1) is 17.3 Å². The maximum Gasteiger partial charge on any atom is 0.0530 e. The highest BCUT2D eigenvalue weighted by atomic mass is 79.9. The van der Waals surface area contributed by atoms with E-state index in [9.17, 15) is 0 Å². The van der Waals surface area contributed by atoms with E-state index in [-0.39, 0.29) is 0 Å². The fraction of sp³-hybridized carbons (Fsp3) is 0.882. The summed E-state index contributed by atoms with van der Waals surface area (Å²) in [6.07, 6.45) is 12.1. The lowest BCUT2D eigenvalue weighted by atomic mass is 9.82. The molecule has 1 aliphatic carbocycles. The lowest BCUT2D eigenvalue weighted by Gasteiger charge is -2.33. The summed E-state index contributed by atoms with van der Waals surface area (Å²) >= 11 is 3.72. The molecule has 0 fully saturated rings. The standard InChI is InChI=1S/C17H31BrO/c1-4-10-17(13-18,11-5-2)14-19-12-16-9-7-6-8-15(16)3/h6-7,15-16H,4-5,8-14H2,1-3H3. The van der Waals surface area contributed by atoms with Crippen LogP contribution in [0.3, 0.4) is 0 Å². The van der Waals surface area contributed by atoms with E-state index in [1.165, 1.54) is 38.5 Å². The van der Waals surface area contributed by atoms with E-state index in [2.05, 4.69) is 48.9 Å². The first kappa shape index (κ1) is 17.2. The molecule has 0 heterocycles. The molecule has 0 amide bonds. The Morgan fingerprint density at radius 3 is 2.32 bits per heavy atom. The molecule has 1 nitrogen and oxygen atoms in total. The van der Waals surface area contributed by atoms with Crippen molar-refractivity contribution in [2.75, 3.05) is 18.5 Å². The highest BCUT2D eigenvalue weighted by molar-refractivity contribution is 9.09. The van der Waals surface area contributed by atoms with E-state index in [4.69, 9.17) is 4.74 Å². The first-order chi connectivity index (χ1) is 9.17. The first-order valence-electron chi connectivity index (χ1n) is 7.96. The highest BCUT2D eigenvalue weighted by Crippen LogP contribution is 2.33. The zero-order chi connectivity index (χ0) is 14.1. The van der Waals surface area contributed by atoms with Gasteiger partial charge in [0.1, 0.15) is 0 Å². The van der Waals surface area contributed by atoms with Gasteiger partial charge in [0.2, 0.25) is 0 Å². The second kappa shape index (κ2) is 9.18. The smallest absolute Gasteiger partial charge is 0.0530 e. The number of halogens is 1. The largest absolute Gasteiger partial charge is 0.381 e. The van der Waals surface area contributed by atoms with E-state index in [0.29, 0.717) is 5.41 Å². The first-order valence-corrected chi connectivity index (χ1v) is 9.08. The lowest BCUT2D eigenvalue weighted by Crippen LogP contribution is -2.31. The lowest BCUT2D eigenvalue weighted by molar-refractivity contribution is 0.0160. The van der Waals surface area contributed by atoms with Gasteiger partial charge in [-0.3, -0.25) is 0 Å². The minimum atomic E-state index is 0.358. The van der Waals surface area contributed by atoms with E-state index in [1.807, 2.05) is 0 Å². The summed E-state index contributed by atoms with van der Waals surface area (Å²) < 4.78 is 6.14. The van der Waals surface area contributed by atoms with Crippen LogP contribution in [-0.2, 0) is 4.74 Å². The van der Waals surface area contributed by atoms with Crippen LogP contribution < -0.4 is 0 Å². The van der Waals surface area contributed by atoms with Gasteiger partial charge in [0.05, 0.1) is 6.61 Å². The zero-order valence-electron chi connectivity index (χ0n) is 13.0. The SMILES string of the molecule is CCCC(CBr)(CCC)COCC1CC=CCC1C. The zero-order valence-corrected chi connectivity index (χ0v) is 14.5. The number of allylic oxidation sites excluding steroid dienone is 2. The minimum Gasteiger partial charge on any atom is -0.381 e. The molecule has 0 N–H and O–H groups in total. The predicted octanol–water partition coefficient (Wildman–Crippen LogP) is 5.59. The Bertz CT molecular complexity index is 256. The maximum atomic E-state index is 6.14. The van der Waals surface area contributed by atoms with Gasteiger partial charge in [-0.25, -0.2) is 0 Å². The van der Waals surface area contributed by atoms with Crippen LogP contribution in [-0.4, -0.2) is 18.5 Å². The summed E-state index contributed by atoms with van der Waals surface area (Å²) in [5.41, 5.74) is 0.358. The quantitative estimate of drug-likeness (QED) is 0.395. The maximum absolute atomic E-state index is 6.14. The van der Waals surface area contributed by atoms with Crippen LogP contribution in [0.4, 0.5) is 0 Å². The van der Waals surface area contributed by atoms with Gasteiger partial charge in [-0.1, -0.05) is 61.7 Å². The Morgan fingerprint density at radius 1 is 1.16 bits per heavy atom. The molecule has 2 heteroatoms. The molecule has 0 saturated carbocycles. The molecule has 0 spiro atoms. The Labute approximate surface area is 128 Å². The van der Waals surface area contributed by atoms with Crippen molar-refractivity contribution in [2.45, 2.75) is 59.3 Å². The summed E-state index contributed by atoms with van der Waals surface area (Å²) in [7, 11) is 0. The molecular weight excluding hydrogens is 300 g/mol. The molecule has 1 rings (SSSR count). The number of rotatable bonds is 9. The topological polar surface area (TPSA) is 9.23 Å². The summed E-state index contributed by atoms with van der Waals surface area (Å²) in [4.78, 5) is 0.